The van der Waals surface area contributed by atoms with Gasteiger partial charge in [-0.3, -0.25) is 0 Å². The van der Waals surface area contributed by atoms with Crippen molar-refractivity contribution in [2.45, 2.75) is 0 Å². The molecule has 0 aliphatic rings. The van der Waals surface area contributed by atoms with E-state index < -0.39 is 0 Å². The molecular weight excluding hydrogens is 176 g/mol. The predicted octanol–water partition coefficient (Wildman–Crippen LogP) is 1.41. The molecule has 0 unspecified atom stereocenters. The van der Waals surface area contributed by atoms with E-state index in [0.717, 1.165) is 5.56 Å². The molecule has 0 saturated carbocycles. The standard InChI is InChI=1S/C10H6N4/c11-6-9-7-12-14-10(13-9)8-4-2-1-3-5-8/h1-5,7H. The zero-order valence-corrected chi connectivity index (χ0v) is 7.25. The van der Waals surface area contributed by atoms with E-state index in [2.05, 4.69) is 15.2 Å². The Kier molecular flexibility index (Phi) is 2.15. The minimum absolute atomic E-state index is 0.277. The molecule has 0 saturated heterocycles. The van der Waals surface area contributed by atoms with Crippen LogP contribution >= 0.6 is 0 Å². The van der Waals surface area contributed by atoms with Gasteiger partial charge >= 0.3 is 0 Å². The van der Waals surface area contributed by atoms with Crippen LogP contribution < -0.4 is 0 Å². The van der Waals surface area contributed by atoms with Crippen LogP contribution in [0.4, 0.5) is 0 Å². The summed E-state index contributed by atoms with van der Waals surface area (Å²) in [6.45, 7) is 0. The van der Waals surface area contributed by atoms with Gasteiger partial charge in [0.2, 0.25) is 0 Å². The van der Waals surface area contributed by atoms with Crippen LogP contribution in [-0.4, -0.2) is 15.2 Å². The molecule has 1 aromatic heterocycles. The number of rotatable bonds is 1. The Labute approximate surface area is 80.9 Å². The summed E-state index contributed by atoms with van der Waals surface area (Å²) in [6.07, 6.45) is 1.34. The molecule has 0 spiro atoms. The molecule has 0 fully saturated rings. The van der Waals surface area contributed by atoms with Gasteiger partial charge in [-0.05, 0) is 0 Å². The Bertz CT molecular complexity index is 473. The van der Waals surface area contributed by atoms with Gasteiger partial charge in [0.15, 0.2) is 11.5 Å². The molecule has 0 N–H and O–H groups in total. The van der Waals surface area contributed by atoms with Gasteiger partial charge in [-0.1, -0.05) is 30.3 Å². The second-order valence-corrected chi connectivity index (χ2v) is 2.64. The Morgan fingerprint density at radius 2 is 1.93 bits per heavy atom. The van der Waals surface area contributed by atoms with E-state index in [9.17, 15) is 0 Å². The van der Waals surface area contributed by atoms with E-state index in [0.29, 0.717) is 5.82 Å². The molecule has 1 heterocycles. The lowest BCUT2D eigenvalue weighted by Crippen LogP contribution is -1.94. The van der Waals surface area contributed by atoms with Crippen LogP contribution in [0.2, 0.25) is 0 Å². The summed E-state index contributed by atoms with van der Waals surface area (Å²) in [5.41, 5.74) is 1.14. The van der Waals surface area contributed by atoms with Crippen molar-refractivity contribution in [1.29, 1.82) is 5.26 Å². The number of aromatic nitrogens is 3. The van der Waals surface area contributed by atoms with Gasteiger partial charge in [0, 0.05) is 5.56 Å². The quantitative estimate of drug-likeness (QED) is 0.668. The summed E-state index contributed by atoms with van der Waals surface area (Å²) in [5, 5.41) is 16.2. The maximum atomic E-state index is 8.63. The second-order valence-electron chi connectivity index (χ2n) is 2.64. The fraction of sp³-hybridized carbons (Fsp3) is 0. The first-order chi connectivity index (χ1) is 6.90. The Balaban J connectivity index is 2.49. The minimum atomic E-state index is 0.277. The highest BCUT2D eigenvalue weighted by molar-refractivity contribution is 5.54. The Morgan fingerprint density at radius 1 is 1.14 bits per heavy atom. The number of nitriles is 1. The Morgan fingerprint density at radius 3 is 2.64 bits per heavy atom. The van der Waals surface area contributed by atoms with Crippen LogP contribution in [0.15, 0.2) is 36.5 Å². The van der Waals surface area contributed by atoms with Gasteiger partial charge in [-0.15, -0.1) is 5.10 Å². The van der Waals surface area contributed by atoms with E-state index in [1.807, 2.05) is 36.4 Å². The van der Waals surface area contributed by atoms with Crippen molar-refractivity contribution in [3.05, 3.63) is 42.2 Å². The molecular formula is C10H6N4. The highest BCUT2D eigenvalue weighted by Gasteiger charge is 2.01. The van der Waals surface area contributed by atoms with Crippen molar-refractivity contribution in [2.75, 3.05) is 0 Å². The van der Waals surface area contributed by atoms with Gasteiger partial charge in [-0.2, -0.15) is 10.4 Å². The van der Waals surface area contributed by atoms with Crippen LogP contribution in [0, 0.1) is 11.3 Å². The van der Waals surface area contributed by atoms with Crippen molar-refractivity contribution in [1.82, 2.24) is 15.2 Å². The molecule has 0 bridgehead atoms. The zero-order valence-electron chi connectivity index (χ0n) is 7.25. The van der Waals surface area contributed by atoms with E-state index in [4.69, 9.17) is 5.26 Å². The fourth-order valence-electron chi connectivity index (χ4n) is 1.07. The van der Waals surface area contributed by atoms with Gasteiger partial charge < -0.3 is 0 Å². The monoisotopic (exact) mass is 182 g/mol. The molecule has 66 valence electrons. The van der Waals surface area contributed by atoms with Crippen molar-refractivity contribution in [2.24, 2.45) is 0 Å². The average Bonchev–Trinajstić information content (AvgIpc) is 2.30. The third-order valence-electron chi connectivity index (χ3n) is 1.71. The fourth-order valence-corrected chi connectivity index (χ4v) is 1.07. The maximum Gasteiger partial charge on any atom is 0.183 e. The van der Waals surface area contributed by atoms with E-state index in [-0.39, 0.29) is 5.69 Å². The smallest absolute Gasteiger partial charge is 0.183 e. The molecule has 2 aromatic rings. The summed E-state index contributed by atoms with van der Waals surface area (Å²) in [4.78, 5) is 4.03. The zero-order chi connectivity index (χ0) is 9.80. The molecule has 0 aliphatic heterocycles. The van der Waals surface area contributed by atoms with Crippen molar-refractivity contribution < 1.29 is 0 Å². The minimum Gasteiger partial charge on any atom is -0.214 e. The molecule has 2 rings (SSSR count). The van der Waals surface area contributed by atoms with Crippen molar-refractivity contribution in [3.63, 3.8) is 0 Å². The molecule has 1 aromatic carbocycles. The summed E-state index contributed by atoms with van der Waals surface area (Å²) >= 11 is 0. The average molecular weight is 182 g/mol. The lowest BCUT2D eigenvalue weighted by molar-refractivity contribution is 0.968. The van der Waals surface area contributed by atoms with Gasteiger partial charge in [0.25, 0.3) is 0 Å². The maximum absolute atomic E-state index is 8.63. The molecule has 0 atom stereocenters. The predicted molar refractivity (Wildman–Crippen MR) is 50.0 cm³/mol. The summed E-state index contributed by atoms with van der Waals surface area (Å²) in [7, 11) is 0. The molecule has 14 heavy (non-hydrogen) atoms. The first kappa shape index (κ1) is 8.32. The number of benzene rings is 1. The van der Waals surface area contributed by atoms with Gasteiger partial charge in [0.05, 0.1) is 6.20 Å². The van der Waals surface area contributed by atoms with Crippen molar-refractivity contribution in [3.8, 4) is 17.5 Å². The number of nitrogens with zero attached hydrogens (tertiary/aromatic N) is 4. The molecule has 4 heteroatoms. The van der Waals surface area contributed by atoms with Crippen LogP contribution in [-0.2, 0) is 0 Å². The highest BCUT2D eigenvalue weighted by Crippen LogP contribution is 2.12. The first-order valence-electron chi connectivity index (χ1n) is 4.05. The largest absolute Gasteiger partial charge is 0.214 e. The molecule has 0 aliphatic carbocycles. The lowest BCUT2D eigenvalue weighted by atomic mass is 10.2. The number of hydrogen-bond donors (Lipinski definition) is 0. The van der Waals surface area contributed by atoms with E-state index in [1.54, 1.807) is 0 Å². The molecule has 0 amide bonds. The van der Waals surface area contributed by atoms with Gasteiger partial charge in [-0.25, -0.2) is 4.98 Å². The topological polar surface area (TPSA) is 62.5 Å². The van der Waals surface area contributed by atoms with Crippen LogP contribution in [0.5, 0.6) is 0 Å². The summed E-state index contributed by atoms with van der Waals surface area (Å²) in [5.74, 6) is 0.477. The van der Waals surface area contributed by atoms with E-state index in [1.165, 1.54) is 6.20 Å². The molecule has 4 nitrogen and oxygen atoms in total. The lowest BCUT2D eigenvalue weighted by Gasteiger charge is -1.96. The molecule has 0 radical (unpaired) electrons. The van der Waals surface area contributed by atoms with Crippen LogP contribution in [0.3, 0.4) is 0 Å². The SMILES string of the molecule is N#Cc1cnnc(-c2ccccc2)n1. The summed E-state index contributed by atoms with van der Waals surface area (Å²) < 4.78 is 0. The second kappa shape index (κ2) is 3.62. The Hall–Kier alpha value is -2.28. The first-order valence-corrected chi connectivity index (χ1v) is 4.05. The van der Waals surface area contributed by atoms with E-state index >= 15 is 0 Å². The van der Waals surface area contributed by atoms with Crippen LogP contribution in [0.25, 0.3) is 11.4 Å². The third-order valence-corrected chi connectivity index (χ3v) is 1.71. The number of hydrogen-bond acceptors (Lipinski definition) is 4. The summed E-state index contributed by atoms with van der Waals surface area (Å²) in [6, 6.07) is 11.4. The van der Waals surface area contributed by atoms with Gasteiger partial charge in [0.1, 0.15) is 6.07 Å². The van der Waals surface area contributed by atoms with Crippen LogP contribution in [0.1, 0.15) is 5.69 Å². The normalized spacial score (nSPS) is 9.36. The third kappa shape index (κ3) is 1.57. The van der Waals surface area contributed by atoms with Crippen molar-refractivity contribution >= 4 is 0 Å². The highest BCUT2D eigenvalue weighted by atomic mass is 15.1.